The van der Waals surface area contributed by atoms with Crippen LogP contribution >= 0.6 is 0 Å². The molecule has 2 heterocycles. The number of carbonyl (C=O) groups excluding carboxylic acids is 1. The summed E-state index contributed by atoms with van der Waals surface area (Å²) in [6, 6.07) is 9.88. The smallest absolute Gasteiger partial charge is 0.249 e. The van der Waals surface area contributed by atoms with Crippen molar-refractivity contribution in [2.75, 3.05) is 5.32 Å². The molecular weight excluding hydrogens is 372 g/mol. The number of halogens is 2. The first-order chi connectivity index (χ1) is 13.6. The van der Waals surface area contributed by atoms with Crippen molar-refractivity contribution in [2.45, 2.75) is 63.7 Å². The van der Waals surface area contributed by atoms with Crippen molar-refractivity contribution in [3.8, 4) is 0 Å². The molecule has 2 N–H and O–H groups in total. The van der Waals surface area contributed by atoms with Crippen LogP contribution in [-0.2, 0) is 10.2 Å². The summed E-state index contributed by atoms with van der Waals surface area (Å²) in [6.07, 6.45) is 0.859. The lowest BCUT2D eigenvalue weighted by atomic mass is 9.60. The van der Waals surface area contributed by atoms with E-state index < -0.39 is 11.3 Å². The number of hydrogen-bond donors (Lipinski definition) is 2. The fourth-order valence-corrected chi connectivity index (χ4v) is 5.45. The highest BCUT2D eigenvalue weighted by Gasteiger charge is 2.53. The zero-order chi connectivity index (χ0) is 20.6. The van der Waals surface area contributed by atoms with Gasteiger partial charge in [0.2, 0.25) is 5.92 Å². The Balaban J connectivity index is 1.72. The van der Waals surface area contributed by atoms with E-state index in [2.05, 4.69) is 29.4 Å². The Labute approximate surface area is 168 Å². The van der Waals surface area contributed by atoms with E-state index in [-0.39, 0.29) is 30.0 Å². The molecule has 5 rings (SSSR count). The third-order valence-electron chi connectivity index (χ3n) is 6.79. The lowest BCUT2D eigenvalue weighted by Gasteiger charge is -2.45. The first kappa shape index (κ1) is 18.5. The van der Waals surface area contributed by atoms with Crippen molar-refractivity contribution in [2.24, 2.45) is 5.41 Å². The van der Waals surface area contributed by atoms with Gasteiger partial charge in [-0.2, -0.15) is 5.10 Å². The Morgan fingerprint density at radius 3 is 2.41 bits per heavy atom. The van der Waals surface area contributed by atoms with Gasteiger partial charge >= 0.3 is 0 Å². The van der Waals surface area contributed by atoms with Crippen molar-refractivity contribution in [1.82, 2.24) is 10.2 Å². The van der Waals surface area contributed by atoms with E-state index in [1.165, 1.54) is 0 Å². The highest BCUT2D eigenvalue weighted by molar-refractivity contribution is 6.03. The number of ketones is 1. The van der Waals surface area contributed by atoms with Gasteiger partial charge < -0.3 is 5.32 Å². The van der Waals surface area contributed by atoms with E-state index in [4.69, 9.17) is 0 Å². The zero-order valence-electron chi connectivity index (χ0n) is 16.9. The number of nitrogens with zero attached hydrogens (tertiary/aromatic N) is 1. The van der Waals surface area contributed by atoms with Gasteiger partial charge in [0.05, 0.1) is 5.41 Å². The van der Waals surface area contributed by atoms with E-state index in [1.54, 1.807) is 0 Å². The number of fused-ring (bicyclic) bond motifs is 1. The first-order valence-electron chi connectivity index (χ1n) is 10.2. The Kier molecular flexibility index (Phi) is 3.69. The number of allylic oxidation sites excluding steroid dienone is 2. The van der Waals surface area contributed by atoms with Crippen molar-refractivity contribution >= 4 is 11.6 Å². The molecule has 152 valence electrons. The number of carbonyl (C=O) groups is 1. The van der Waals surface area contributed by atoms with Gasteiger partial charge in [-0.05, 0) is 24.3 Å². The number of rotatable bonds is 2. The molecular formula is C23H25F2N3O. The topological polar surface area (TPSA) is 57.8 Å². The molecule has 4 nitrogen and oxygen atoms in total. The zero-order valence-corrected chi connectivity index (χ0v) is 16.9. The summed E-state index contributed by atoms with van der Waals surface area (Å²) >= 11 is 0. The molecule has 29 heavy (non-hydrogen) atoms. The average molecular weight is 397 g/mol. The third-order valence-corrected chi connectivity index (χ3v) is 6.79. The number of nitrogens with one attached hydrogen (secondary N) is 2. The van der Waals surface area contributed by atoms with Crippen LogP contribution in [0.5, 0.6) is 0 Å². The molecule has 1 fully saturated rings. The number of hydrogen-bond acceptors (Lipinski definition) is 3. The van der Waals surface area contributed by atoms with Gasteiger partial charge in [-0.1, -0.05) is 44.2 Å². The maximum atomic E-state index is 13.6. The summed E-state index contributed by atoms with van der Waals surface area (Å²) in [6.45, 7) is 6.24. The fourth-order valence-electron chi connectivity index (χ4n) is 5.45. The second-order valence-corrected chi connectivity index (χ2v) is 9.73. The quantitative estimate of drug-likeness (QED) is 0.723. The molecule has 1 aromatic heterocycles. The average Bonchev–Trinajstić information content (AvgIpc) is 3.03. The summed E-state index contributed by atoms with van der Waals surface area (Å²) < 4.78 is 27.3. The van der Waals surface area contributed by atoms with Crippen molar-refractivity contribution < 1.29 is 13.6 Å². The second-order valence-electron chi connectivity index (χ2n) is 9.73. The third kappa shape index (κ3) is 2.68. The highest BCUT2D eigenvalue weighted by atomic mass is 19.3. The Bertz CT molecular complexity index is 1030. The minimum atomic E-state index is -2.62. The van der Waals surface area contributed by atoms with Crippen LogP contribution in [0, 0.1) is 5.41 Å². The largest absolute Gasteiger partial charge is 0.342 e. The number of aromatic nitrogens is 2. The van der Waals surface area contributed by atoms with Gasteiger partial charge in [-0.3, -0.25) is 9.89 Å². The van der Waals surface area contributed by atoms with Crippen LogP contribution in [0.25, 0.3) is 0 Å². The number of alkyl halides is 2. The molecule has 2 aliphatic carbocycles. The summed E-state index contributed by atoms with van der Waals surface area (Å²) in [5.74, 6) is -2.12. The minimum Gasteiger partial charge on any atom is -0.342 e. The van der Waals surface area contributed by atoms with Crippen LogP contribution in [0.3, 0.4) is 0 Å². The SMILES string of the molecule is CC1(C)CC(=O)C2=C(C1)Nc1n[nH]c(C3CC(F)(F)C3)c1C2(C)c1ccccc1. The Hall–Kier alpha value is -2.50. The van der Waals surface area contributed by atoms with Gasteiger partial charge in [-0.15, -0.1) is 0 Å². The molecule has 1 aromatic carbocycles. The summed E-state index contributed by atoms with van der Waals surface area (Å²) in [4.78, 5) is 13.4. The molecule has 1 atom stereocenters. The Morgan fingerprint density at radius 1 is 1.07 bits per heavy atom. The van der Waals surface area contributed by atoms with E-state index in [0.717, 1.165) is 34.5 Å². The normalized spacial score (nSPS) is 27.7. The molecule has 1 unspecified atom stereocenters. The Morgan fingerprint density at radius 2 is 1.76 bits per heavy atom. The van der Waals surface area contributed by atoms with Gasteiger partial charge in [0.25, 0.3) is 0 Å². The standard InChI is InChI=1S/C23H25F2N3O/c1-21(2)11-15-17(16(29)12-21)22(3,14-7-5-4-6-8-14)18-19(27-28-20(18)26-15)13-9-23(24,25)10-13/h4-8,13H,9-12H2,1-3H3,(H2,26,27,28). The molecule has 0 radical (unpaired) electrons. The lowest BCUT2D eigenvalue weighted by molar-refractivity contribution is -0.118. The predicted octanol–water partition coefficient (Wildman–Crippen LogP) is 5.30. The number of H-pyrrole nitrogens is 1. The maximum absolute atomic E-state index is 13.6. The van der Waals surface area contributed by atoms with Gasteiger partial charge in [0.1, 0.15) is 0 Å². The summed E-state index contributed by atoms with van der Waals surface area (Å²) in [5, 5.41) is 10.9. The molecule has 3 aliphatic rings. The predicted molar refractivity (Wildman–Crippen MR) is 107 cm³/mol. The van der Waals surface area contributed by atoms with Crippen LogP contribution in [0.15, 0.2) is 41.6 Å². The number of benzene rings is 1. The number of anilines is 1. The molecule has 0 bridgehead atoms. The molecule has 1 saturated carbocycles. The van der Waals surface area contributed by atoms with Crippen molar-refractivity contribution in [3.05, 3.63) is 58.4 Å². The minimum absolute atomic E-state index is 0.117. The van der Waals surface area contributed by atoms with E-state index in [9.17, 15) is 13.6 Å². The van der Waals surface area contributed by atoms with Crippen LogP contribution in [-0.4, -0.2) is 21.9 Å². The number of aromatic amines is 1. The molecule has 6 heteroatoms. The molecule has 1 aliphatic heterocycles. The van der Waals surface area contributed by atoms with Crippen LogP contribution in [0.2, 0.25) is 0 Å². The van der Waals surface area contributed by atoms with Crippen LogP contribution < -0.4 is 5.32 Å². The molecule has 2 aromatic rings. The molecule has 0 saturated heterocycles. The summed E-state index contributed by atoms with van der Waals surface area (Å²) in [5.41, 5.74) is 3.36. The second kappa shape index (κ2) is 5.77. The fraction of sp³-hybridized carbons (Fsp3) is 0.478. The highest BCUT2D eigenvalue weighted by Crippen LogP contribution is 2.57. The first-order valence-corrected chi connectivity index (χ1v) is 10.2. The molecule has 0 amide bonds. The van der Waals surface area contributed by atoms with E-state index in [0.29, 0.717) is 12.2 Å². The van der Waals surface area contributed by atoms with Gasteiger partial charge in [0, 0.05) is 47.7 Å². The summed E-state index contributed by atoms with van der Waals surface area (Å²) in [7, 11) is 0. The van der Waals surface area contributed by atoms with Crippen molar-refractivity contribution in [1.29, 1.82) is 0 Å². The molecule has 0 spiro atoms. The lowest BCUT2D eigenvalue weighted by Crippen LogP contribution is -2.43. The van der Waals surface area contributed by atoms with E-state index in [1.807, 2.05) is 37.3 Å². The van der Waals surface area contributed by atoms with Crippen LogP contribution in [0.1, 0.15) is 69.2 Å². The van der Waals surface area contributed by atoms with E-state index >= 15 is 0 Å². The number of Topliss-reactive ketones (excluding diaryl/α,β-unsaturated/α-hetero) is 1. The maximum Gasteiger partial charge on any atom is 0.249 e. The van der Waals surface area contributed by atoms with Crippen molar-refractivity contribution in [3.63, 3.8) is 0 Å². The van der Waals surface area contributed by atoms with Gasteiger partial charge in [-0.25, -0.2) is 8.78 Å². The monoisotopic (exact) mass is 397 g/mol. The van der Waals surface area contributed by atoms with Gasteiger partial charge in [0.15, 0.2) is 11.6 Å². The van der Waals surface area contributed by atoms with Crippen LogP contribution in [0.4, 0.5) is 14.6 Å².